The molecule has 0 aromatic rings. The van der Waals surface area contributed by atoms with Crippen molar-refractivity contribution in [3.8, 4) is 0 Å². The summed E-state index contributed by atoms with van der Waals surface area (Å²) in [6.07, 6.45) is 8.32. The Morgan fingerprint density at radius 1 is 1.05 bits per heavy atom. The predicted octanol–water partition coefficient (Wildman–Crippen LogP) is 3.91. The molecule has 1 fully saturated rings. The van der Waals surface area contributed by atoms with E-state index in [-0.39, 0.29) is 0 Å². The number of hydrogen-bond donors (Lipinski definition) is 1. The molecule has 1 rings (SSSR count). The molecule has 0 spiro atoms. The van der Waals surface area contributed by atoms with Crippen molar-refractivity contribution in [2.24, 2.45) is 11.8 Å². The molecule has 1 saturated carbocycles. The zero-order valence-electron chi connectivity index (χ0n) is 13.9. The van der Waals surface area contributed by atoms with Crippen molar-refractivity contribution >= 4 is 0 Å². The average Bonchev–Trinajstić information content (AvgIpc) is 2.90. The fraction of sp³-hybridized carbons (Fsp3) is 1.00. The second kappa shape index (κ2) is 8.97. The second-order valence-corrected chi connectivity index (χ2v) is 6.76. The fourth-order valence-corrected chi connectivity index (χ4v) is 3.74. The van der Waals surface area contributed by atoms with Gasteiger partial charge in [-0.2, -0.15) is 0 Å². The Morgan fingerprint density at radius 3 is 2.05 bits per heavy atom. The van der Waals surface area contributed by atoms with Crippen LogP contribution in [0.1, 0.15) is 66.2 Å². The van der Waals surface area contributed by atoms with Crippen LogP contribution in [0.15, 0.2) is 0 Å². The predicted molar refractivity (Wildman–Crippen MR) is 85.6 cm³/mol. The summed E-state index contributed by atoms with van der Waals surface area (Å²) in [7, 11) is 2.16. The van der Waals surface area contributed by atoms with Crippen LogP contribution in [0.5, 0.6) is 0 Å². The molecule has 0 heterocycles. The number of nitrogens with zero attached hydrogens (tertiary/aromatic N) is 1. The molecule has 0 amide bonds. The average molecular weight is 268 g/mol. The maximum Gasteiger partial charge on any atom is 0.0220 e. The van der Waals surface area contributed by atoms with Crippen LogP contribution in [0.3, 0.4) is 0 Å². The standard InChI is InChI=1S/C17H36N2/c1-6-16(7-2)19(12-14(3)4)13-17(18-5)15-10-8-9-11-15/h14-18H,6-13H2,1-5H3. The summed E-state index contributed by atoms with van der Waals surface area (Å²) in [5.41, 5.74) is 0. The van der Waals surface area contributed by atoms with E-state index in [0.29, 0.717) is 6.04 Å². The summed E-state index contributed by atoms with van der Waals surface area (Å²) in [4.78, 5) is 2.75. The van der Waals surface area contributed by atoms with Crippen molar-refractivity contribution in [1.29, 1.82) is 0 Å². The normalized spacial score (nSPS) is 18.9. The molecule has 1 atom stereocenters. The van der Waals surface area contributed by atoms with Gasteiger partial charge in [0.25, 0.3) is 0 Å². The second-order valence-electron chi connectivity index (χ2n) is 6.76. The molecule has 2 heteroatoms. The van der Waals surface area contributed by atoms with Gasteiger partial charge in [-0.15, -0.1) is 0 Å². The molecule has 0 saturated heterocycles. The summed E-state index contributed by atoms with van der Waals surface area (Å²) >= 11 is 0. The highest BCUT2D eigenvalue weighted by Crippen LogP contribution is 2.28. The summed E-state index contributed by atoms with van der Waals surface area (Å²) in [5, 5.41) is 3.61. The Hall–Kier alpha value is -0.0800. The topological polar surface area (TPSA) is 15.3 Å². The summed E-state index contributed by atoms with van der Waals surface area (Å²) in [6.45, 7) is 11.9. The van der Waals surface area contributed by atoms with Crippen molar-refractivity contribution < 1.29 is 0 Å². The molecular weight excluding hydrogens is 232 g/mol. The minimum atomic E-state index is 0.696. The van der Waals surface area contributed by atoms with Crippen LogP contribution in [-0.4, -0.2) is 37.1 Å². The Bertz CT molecular complexity index is 217. The van der Waals surface area contributed by atoms with Gasteiger partial charge < -0.3 is 5.32 Å². The smallest absolute Gasteiger partial charge is 0.0220 e. The molecule has 0 aromatic heterocycles. The van der Waals surface area contributed by atoms with E-state index >= 15 is 0 Å². The zero-order chi connectivity index (χ0) is 14.3. The lowest BCUT2D eigenvalue weighted by atomic mass is 9.96. The minimum absolute atomic E-state index is 0.696. The van der Waals surface area contributed by atoms with Crippen LogP contribution in [-0.2, 0) is 0 Å². The summed E-state index contributed by atoms with van der Waals surface area (Å²) in [5.74, 6) is 1.68. The molecule has 0 bridgehead atoms. The molecule has 2 nitrogen and oxygen atoms in total. The van der Waals surface area contributed by atoms with E-state index < -0.39 is 0 Å². The highest BCUT2D eigenvalue weighted by Gasteiger charge is 2.27. The Morgan fingerprint density at radius 2 is 1.63 bits per heavy atom. The van der Waals surface area contributed by atoms with Crippen LogP contribution in [0.25, 0.3) is 0 Å². The Kier molecular flexibility index (Phi) is 8.01. The van der Waals surface area contributed by atoms with Gasteiger partial charge in [0.05, 0.1) is 0 Å². The lowest BCUT2D eigenvalue weighted by molar-refractivity contribution is 0.135. The van der Waals surface area contributed by atoms with Gasteiger partial charge in [0.15, 0.2) is 0 Å². The first-order valence-electron chi connectivity index (χ1n) is 8.53. The summed E-state index contributed by atoms with van der Waals surface area (Å²) < 4.78 is 0. The van der Waals surface area contributed by atoms with Gasteiger partial charge in [0, 0.05) is 25.2 Å². The number of rotatable bonds is 9. The SMILES string of the molecule is CCC(CC)N(CC(C)C)CC(NC)C1CCCC1. The van der Waals surface area contributed by atoms with E-state index in [1.807, 2.05) is 0 Å². The van der Waals surface area contributed by atoms with E-state index in [0.717, 1.165) is 17.9 Å². The molecule has 114 valence electrons. The van der Waals surface area contributed by atoms with Gasteiger partial charge in [-0.1, -0.05) is 40.5 Å². The first-order valence-corrected chi connectivity index (χ1v) is 8.53. The zero-order valence-corrected chi connectivity index (χ0v) is 13.9. The molecule has 1 aliphatic carbocycles. The Balaban J connectivity index is 2.61. The molecule has 1 N–H and O–H groups in total. The van der Waals surface area contributed by atoms with Crippen molar-refractivity contribution in [3.05, 3.63) is 0 Å². The van der Waals surface area contributed by atoms with E-state index in [2.05, 4.69) is 45.0 Å². The summed E-state index contributed by atoms with van der Waals surface area (Å²) in [6, 6.07) is 1.46. The maximum absolute atomic E-state index is 3.61. The van der Waals surface area contributed by atoms with E-state index in [4.69, 9.17) is 0 Å². The monoisotopic (exact) mass is 268 g/mol. The third-order valence-corrected chi connectivity index (χ3v) is 4.83. The maximum atomic E-state index is 3.61. The van der Waals surface area contributed by atoms with Gasteiger partial charge in [0.2, 0.25) is 0 Å². The van der Waals surface area contributed by atoms with Gasteiger partial charge in [-0.05, 0) is 44.6 Å². The van der Waals surface area contributed by atoms with Crippen molar-refractivity contribution in [2.45, 2.75) is 78.3 Å². The van der Waals surface area contributed by atoms with Crippen LogP contribution in [0.4, 0.5) is 0 Å². The molecule has 0 aliphatic heterocycles. The molecule has 0 aromatic carbocycles. The molecule has 1 aliphatic rings. The molecule has 0 radical (unpaired) electrons. The highest BCUT2D eigenvalue weighted by atomic mass is 15.2. The fourth-order valence-electron chi connectivity index (χ4n) is 3.74. The minimum Gasteiger partial charge on any atom is -0.315 e. The van der Waals surface area contributed by atoms with Crippen LogP contribution in [0.2, 0.25) is 0 Å². The van der Waals surface area contributed by atoms with Gasteiger partial charge >= 0.3 is 0 Å². The van der Waals surface area contributed by atoms with Crippen molar-refractivity contribution in [3.63, 3.8) is 0 Å². The van der Waals surface area contributed by atoms with E-state index in [1.54, 1.807) is 0 Å². The van der Waals surface area contributed by atoms with Crippen molar-refractivity contribution in [2.75, 3.05) is 20.1 Å². The number of likely N-dealkylation sites (N-methyl/N-ethyl adjacent to an activating group) is 1. The van der Waals surface area contributed by atoms with E-state index in [9.17, 15) is 0 Å². The first-order chi connectivity index (χ1) is 9.12. The third-order valence-electron chi connectivity index (χ3n) is 4.83. The van der Waals surface area contributed by atoms with Gasteiger partial charge in [-0.25, -0.2) is 0 Å². The third kappa shape index (κ3) is 5.43. The number of nitrogens with one attached hydrogen (secondary N) is 1. The number of hydrogen-bond acceptors (Lipinski definition) is 2. The lowest BCUT2D eigenvalue weighted by Crippen LogP contribution is -2.48. The van der Waals surface area contributed by atoms with Crippen molar-refractivity contribution in [1.82, 2.24) is 10.2 Å². The lowest BCUT2D eigenvalue weighted by Gasteiger charge is -2.36. The Labute approximate surface area is 121 Å². The molecular formula is C17H36N2. The first kappa shape index (κ1) is 17.0. The van der Waals surface area contributed by atoms with Crippen LogP contribution in [0, 0.1) is 11.8 Å². The van der Waals surface area contributed by atoms with Crippen LogP contribution >= 0.6 is 0 Å². The van der Waals surface area contributed by atoms with Gasteiger partial charge in [0.1, 0.15) is 0 Å². The largest absolute Gasteiger partial charge is 0.315 e. The molecule has 1 unspecified atom stereocenters. The van der Waals surface area contributed by atoms with Gasteiger partial charge in [-0.3, -0.25) is 4.90 Å². The quantitative estimate of drug-likeness (QED) is 0.682. The van der Waals surface area contributed by atoms with E-state index in [1.165, 1.54) is 51.6 Å². The highest BCUT2D eigenvalue weighted by molar-refractivity contribution is 4.84. The van der Waals surface area contributed by atoms with Crippen LogP contribution < -0.4 is 5.32 Å². The molecule has 19 heavy (non-hydrogen) atoms.